The number of nitrogens with two attached hydrogens (primary N) is 1. The summed E-state index contributed by atoms with van der Waals surface area (Å²) in [6.45, 7) is 0. The van der Waals surface area contributed by atoms with Gasteiger partial charge >= 0.3 is 0 Å². The lowest BCUT2D eigenvalue weighted by Crippen LogP contribution is -2.22. The van der Waals surface area contributed by atoms with E-state index in [-0.39, 0.29) is 12.0 Å². The number of primary amides is 1. The number of benzene rings is 2. The first kappa shape index (κ1) is 13.0. The Labute approximate surface area is 119 Å². The van der Waals surface area contributed by atoms with Crippen molar-refractivity contribution in [3.63, 3.8) is 0 Å². The Morgan fingerprint density at radius 2 is 1.81 bits per heavy atom. The molecule has 3 aromatic rings. The summed E-state index contributed by atoms with van der Waals surface area (Å²) < 4.78 is 1.23. The minimum atomic E-state index is -0.398. The average Bonchev–Trinajstić information content (AvgIpc) is 2.48. The molecule has 0 aliphatic carbocycles. The van der Waals surface area contributed by atoms with Gasteiger partial charge in [-0.2, -0.15) is 4.68 Å². The van der Waals surface area contributed by atoms with Gasteiger partial charge in [-0.15, -0.1) is 5.10 Å². The van der Waals surface area contributed by atoms with Gasteiger partial charge in [0.05, 0.1) is 17.5 Å². The molecule has 0 aliphatic rings. The topological polar surface area (TPSA) is 90.9 Å². The van der Waals surface area contributed by atoms with Crippen LogP contribution in [0.5, 0.6) is 0 Å². The molecule has 1 aromatic heterocycles. The Morgan fingerprint density at radius 3 is 2.52 bits per heavy atom. The second-order valence-corrected chi connectivity index (χ2v) is 4.63. The van der Waals surface area contributed by atoms with Gasteiger partial charge in [0.25, 0.3) is 5.56 Å². The SMILES string of the molecule is NC(=O)Cc1ccc(-n2nnc3ccccc3c2=O)cc1. The quantitative estimate of drug-likeness (QED) is 0.768. The van der Waals surface area contributed by atoms with Gasteiger partial charge in [0.2, 0.25) is 5.91 Å². The molecule has 0 saturated carbocycles. The standard InChI is InChI=1S/C15H12N4O2/c16-14(20)9-10-5-7-11(8-6-10)19-15(21)12-3-1-2-4-13(12)17-18-19/h1-8H,9H2,(H2,16,20). The number of hydrogen-bond donors (Lipinski definition) is 1. The molecule has 21 heavy (non-hydrogen) atoms. The van der Waals surface area contributed by atoms with Crippen molar-refractivity contribution >= 4 is 16.8 Å². The fourth-order valence-corrected chi connectivity index (χ4v) is 2.11. The number of hydrogen-bond acceptors (Lipinski definition) is 4. The van der Waals surface area contributed by atoms with Crippen LogP contribution in [-0.4, -0.2) is 20.9 Å². The lowest BCUT2D eigenvalue weighted by atomic mass is 10.1. The first-order valence-corrected chi connectivity index (χ1v) is 6.37. The molecule has 0 radical (unpaired) electrons. The highest BCUT2D eigenvalue weighted by atomic mass is 16.1. The summed E-state index contributed by atoms with van der Waals surface area (Å²) in [6.07, 6.45) is 0.165. The first-order valence-electron chi connectivity index (χ1n) is 6.37. The van der Waals surface area contributed by atoms with Crippen LogP contribution in [0.3, 0.4) is 0 Å². The van der Waals surface area contributed by atoms with Crippen molar-refractivity contribution in [1.82, 2.24) is 15.0 Å². The van der Waals surface area contributed by atoms with E-state index in [4.69, 9.17) is 5.73 Å². The third-order valence-corrected chi connectivity index (χ3v) is 3.13. The predicted octanol–water partition coefficient (Wildman–Crippen LogP) is 0.808. The minimum absolute atomic E-state index is 0.165. The molecule has 104 valence electrons. The number of carbonyl (C=O) groups excluding carboxylic acids is 1. The summed E-state index contributed by atoms with van der Waals surface area (Å²) >= 11 is 0. The van der Waals surface area contributed by atoms with Crippen LogP contribution in [0.2, 0.25) is 0 Å². The smallest absolute Gasteiger partial charge is 0.282 e. The molecule has 0 spiro atoms. The Morgan fingerprint density at radius 1 is 1.10 bits per heavy atom. The third kappa shape index (κ3) is 2.51. The lowest BCUT2D eigenvalue weighted by molar-refractivity contribution is -0.117. The van der Waals surface area contributed by atoms with Gasteiger partial charge in [0.15, 0.2) is 0 Å². The fourth-order valence-electron chi connectivity index (χ4n) is 2.11. The van der Waals surface area contributed by atoms with E-state index in [1.54, 1.807) is 48.5 Å². The molecule has 2 aromatic carbocycles. The Balaban J connectivity index is 2.06. The number of rotatable bonds is 3. The van der Waals surface area contributed by atoms with Crippen molar-refractivity contribution in [2.75, 3.05) is 0 Å². The molecule has 0 bridgehead atoms. The Kier molecular flexibility index (Phi) is 3.19. The van der Waals surface area contributed by atoms with Crippen molar-refractivity contribution < 1.29 is 4.79 Å². The second kappa shape index (κ2) is 5.16. The summed E-state index contributed by atoms with van der Waals surface area (Å²) in [5.74, 6) is -0.398. The third-order valence-electron chi connectivity index (χ3n) is 3.13. The molecule has 1 amide bonds. The van der Waals surface area contributed by atoms with Gasteiger partial charge in [-0.1, -0.05) is 29.5 Å². The van der Waals surface area contributed by atoms with E-state index in [1.165, 1.54) is 4.68 Å². The maximum Gasteiger partial charge on any atom is 0.282 e. The van der Waals surface area contributed by atoms with E-state index in [0.29, 0.717) is 16.6 Å². The number of carbonyl (C=O) groups is 1. The molecule has 0 unspecified atom stereocenters. The zero-order valence-electron chi connectivity index (χ0n) is 11.1. The van der Waals surface area contributed by atoms with E-state index in [2.05, 4.69) is 10.3 Å². The van der Waals surface area contributed by atoms with E-state index in [0.717, 1.165) is 5.56 Å². The highest BCUT2D eigenvalue weighted by Crippen LogP contribution is 2.09. The molecule has 0 fully saturated rings. The van der Waals surface area contributed by atoms with Crippen LogP contribution in [-0.2, 0) is 11.2 Å². The van der Waals surface area contributed by atoms with Crippen molar-refractivity contribution in [3.05, 3.63) is 64.4 Å². The summed E-state index contributed by atoms with van der Waals surface area (Å²) in [4.78, 5) is 23.2. The molecular weight excluding hydrogens is 268 g/mol. The van der Waals surface area contributed by atoms with Gasteiger partial charge in [-0.3, -0.25) is 9.59 Å². The van der Waals surface area contributed by atoms with E-state index < -0.39 is 5.91 Å². The van der Waals surface area contributed by atoms with Gasteiger partial charge in [0, 0.05) is 0 Å². The normalized spacial score (nSPS) is 10.7. The molecule has 0 atom stereocenters. The van der Waals surface area contributed by atoms with Crippen LogP contribution in [0.25, 0.3) is 16.6 Å². The molecular formula is C15H12N4O2. The maximum atomic E-state index is 12.4. The number of amides is 1. The summed E-state index contributed by atoms with van der Waals surface area (Å²) in [7, 11) is 0. The van der Waals surface area contributed by atoms with Crippen LogP contribution in [0, 0.1) is 0 Å². The first-order chi connectivity index (χ1) is 10.1. The van der Waals surface area contributed by atoms with Crippen LogP contribution >= 0.6 is 0 Å². The van der Waals surface area contributed by atoms with Crippen LogP contribution in [0.1, 0.15) is 5.56 Å². The zero-order valence-corrected chi connectivity index (χ0v) is 11.1. The molecule has 3 rings (SSSR count). The van der Waals surface area contributed by atoms with E-state index in [9.17, 15) is 9.59 Å². The van der Waals surface area contributed by atoms with Gasteiger partial charge in [0.1, 0.15) is 5.52 Å². The Hall–Kier alpha value is -3.02. The molecule has 0 saturated heterocycles. The van der Waals surface area contributed by atoms with Gasteiger partial charge in [-0.05, 0) is 29.8 Å². The van der Waals surface area contributed by atoms with Gasteiger partial charge < -0.3 is 5.73 Å². The molecule has 1 heterocycles. The van der Waals surface area contributed by atoms with Crippen LogP contribution in [0.15, 0.2) is 53.3 Å². The lowest BCUT2D eigenvalue weighted by Gasteiger charge is -2.05. The van der Waals surface area contributed by atoms with Gasteiger partial charge in [-0.25, -0.2) is 0 Å². The molecule has 2 N–H and O–H groups in total. The van der Waals surface area contributed by atoms with Crippen LogP contribution < -0.4 is 11.3 Å². The summed E-state index contributed by atoms with van der Waals surface area (Å²) in [5, 5.41) is 8.47. The fraction of sp³-hybridized carbons (Fsp3) is 0.0667. The van der Waals surface area contributed by atoms with Crippen molar-refractivity contribution in [1.29, 1.82) is 0 Å². The van der Waals surface area contributed by atoms with E-state index in [1.807, 2.05) is 0 Å². The van der Waals surface area contributed by atoms with Crippen LogP contribution in [0.4, 0.5) is 0 Å². The maximum absolute atomic E-state index is 12.4. The number of aromatic nitrogens is 3. The monoisotopic (exact) mass is 280 g/mol. The van der Waals surface area contributed by atoms with Crippen molar-refractivity contribution in [3.8, 4) is 5.69 Å². The molecule has 6 nitrogen and oxygen atoms in total. The highest BCUT2D eigenvalue weighted by Gasteiger charge is 2.07. The largest absolute Gasteiger partial charge is 0.369 e. The van der Waals surface area contributed by atoms with Crippen molar-refractivity contribution in [2.45, 2.75) is 6.42 Å². The Bertz CT molecular complexity index is 869. The number of nitrogens with zero attached hydrogens (tertiary/aromatic N) is 3. The highest BCUT2D eigenvalue weighted by molar-refractivity contribution is 5.77. The average molecular weight is 280 g/mol. The van der Waals surface area contributed by atoms with E-state index >= 15 is 0 Å². The zero-order chi connectivity index (χ0) is 14.8. The minimum Gasteiger partial charge on any atom is -0.369 e. The molecule has 0 aliphatic heterocycles. The van der Waals surface area contributed by atoms with Crippen molar-refractivity contribution in [2.24, 2.45) is 5.73 Å². The number of fused-ring (bicyclic) bond motifs is 1. The summed E-state index contributed by atoms with van der Waals surface area (Å²) in [5.41, 5.74) is 6.84. The molecule has 6 heteroatoms. The second-order valence-electron chi connectivity index (χ2n) is 4.63. The predicted molar refractivity (Wildman–Crippen MR) is 78.0 cm³/mol. The summed E-state index contributed by atoms with van der Waals surface area (Å²) in [6, 6.07) is 13.9.